The molecule has 0 saturated heterocycles. The summed E-state index contributed by atoms with van der Waals surface area (Å²) in [7, 11) is 0. The van der Waals surface area contributed by atoms with Crippen molar-refractivity contribution in [2.75, 3.05) is 0 Å². The van der Waals surface area contributed by atoms with Crippen molar-refractivity contribution in [1.29, 1.82) is 0 Å². The monoisotopic (exact) mass is 411 g/mol. The SMILES string of the molecule is [C-]#[N+]c1ccc(CC(=O)C(C)(C)n2cc(-c3ccc(C)cc3)cn2)cc1C(F)(F)F. The van der Waals surface area contributed by atoms with Gasteiger partial charge in [-0.3, -0.25) is 9.48 Å². The van der Waals surface area contributed by atoms with Crippen molar-refractivity contribution in [3.8, 4) is 11.1 Å². The molecule has 2 aromatic carbocycles. The largest absolute Gasteiger partial charge is 0.407 e. The van der Waals surface area contributed by atoms with Crippen LogP contribution in [0.2, 0.25) is 0 Å². The summed E-state index contributed by atoms with van der Waals surface area (Å²) in [4.78, 5) is 15.9. The Labute approximate surface area is 172 Å². The van der Waals surface area contributed by atoms with Gasteiger partial charge in [-0.1, -0.05) is 48.0 Å². The van der Waals surface area contributed by atoms with Crippen LogP contribution in [0.5, 0.6) is 0 Å². The van der Waals surface area contributed by atoms with Gasteiger partial charge in [-0.2, -0.15) is 18.3 Å². The van der Waals surface area contributed by atoms with Crippen LogP contribution >= 0.6 is 0 Å². The molecule has 0 aliphatic rings. The summed E-state index contributed by atoms with van der Waals surface area (Å²) in [5, 5.41) is 4.31. The predicted molar refractivity (Wildman–Crippen MR) is 108 cm³/mol. The van der Waals surface area contributed by atoms with Gasteiger partial charge in [0.2, 0.25) is 0 Å². The Kier molecular flexibility index (Phi) is 5.53. The number of benzene rings is 2. The second kappa shape index (κ2) is 7.79. The number of alkyl halides is 3. The lowest BCUT2D eigenvalue weighted by Gasteiger charge is -2.24. The lowest BCUT2D eigenvalue weighted by molar-refractivity contribution is -0.137. The van der Waals surface area contributed by atoms with Gasteiger partial charge >= 0.3 is 6.18 Å². The second-order valence-corrected chi connectivity index (χ2v) is 7.66. The van der Waals surface area contributed by atoms with Crippen LogP contribution in [-0.2, 0) is 22.9 Å². The third-order valence-corrected chi connectivity index (χ3v) is 5.07. The van der Waals surface area contributed by atoms with E-state index in [4.69, 9.17) is 6.57 Å². The summed E-state index contributed by atoms with van der Waals surface area (Å²) in [6.07, 6.45) is -1.44. The molecule has 0 aliphatic carbocycles. The fourth-order valence-electron chi connectivity index (χ4n) is 3.07. The van der Waals surface area contributed by atoms with Crippen LogP contribution in [0, 0.1) is 13.5 Å². The number of ketones is 1. The number of hydrogen-bond donors (Lipinski definition) is 0. The van der Waals surface area contributed by atoms with Gasteiger partial charge in [0, 0.05) is 18.2 Å². The summed E-state index contributed by atoms with van der Waals surface area (Å²) >= 11 is 0. The summed E-state index contributed by atoms with van der Waals surface area (Å²) in [6, 6.07) is 11.3. The molecular formula is C23H20F3N3O. The average Bonchev–Trinajstić information content (AvgIpc) is 3.19. The van der Waals surface area contributed by atoms with Crippen molar-refractivity contribution in [3.63, 3.8) is 0 Å². The molecule has 154 valence electrons. The van der Waals surface area contributed by atoms with Crippen molar-refractivity contribution in [2.45, 2.75) is 38.9 Å². The Morgan fingerprint density at radius 3 is 2.37 bits per heavy atom. The van der Waals surface area contributed by atoms with E-state index in [1.165, 1.54) is 10.7 Å². The Morgan fingerprint density at radius 1 is 1.10 bits per heavy atom. The van der Waals surface area contributed by atoms with E-state index in [2.05, 4.69) is 9.94 Å². The molecule has 7 heteroatoms. The normalized spacial score (nSPS) is 11.9. The lowest BCUT2D eigenvalue weighted by atomic mass is 9.92. The Bertz CT molecular complexity index is 1120. The molecular weight excluding hydrogens is 391 g/mol. The standard InChI is InChI=1S/C23H20F3N3O/c1-15-5-8-17(9-6-15)18-13-28-29(14-18)22(2,3)21(30)12-16-7-10-20(27-4)19(11-16)23(24,25)26/h5-11,13-14H,12H2,1-3H3. The molecule has 3 aromatic rings. The van der Waals surface area contributed by atoms with Gasteiger partial charge in [0.15, 0.2) is 11.5 Å². The minimum absolute atomic E-state index is 0.200. The van der Waals surface area contributed by atoms with Crippen molar-refractivity contribution < 1.29 is 18.0 Å². The first-order valence-electron chi connectivity index (χ1n) is 9.25. The quantitative estimate of drug-likeness (QED) is 0.485. The minimum Gasteiger partial charge on any atom is -0.297 e. The number of nitrogens with zero attached hydrogens (tertiary/aromatic N) is 3. The van der Waals surface area contributed by atoms with E-state index in [1.807, 2.05) is 31.2 Å². The van der Waals surface area contributed by atoms with Crippen molar-refractivity contribution in [2.24, 2.45) is 0 Å². The van der Waals surface area contributed by atoms with Crippen LogP contribution < -0.4 is 0 Å². The molecule has 0 saturated carbocycles. The molecule has 0 aliphatic heterocycles. The summed E-state index contributed by atoms with van der Waals surface area (Å²) in [5.41, 5.74) is 0.577. The number of aryl methyl sites for hydroxylation is 1. The number of carbonyl (C=O) groups is 1. The third kappa shape index (κ3) is 4.28. The van der Waals surface area contributed by atoms with Crippen LogP contribution in [0.1, 0.15) is 30.5 Å². The van der Waals surface area contributed by atoms with E-state index >= 15 is 0 Å². The van der Waals surface area contributed by atoms with Crippen LogP contribution in [0.25, 0.3) is 16.0 Å². The minimum atomic E-state index is -4.65. The molecule has 1 heterocycles. The summed E-state index contributed by atoms with van der Waals surface area (Å²) < 4.78 is 41.1. The molecule has 0 fully saturated rings. The first-order chi connectivity index (χ1) is 14.0. The zero-order chi connectivity index (χ0) is 22.1. The van der Waals surface area contributed by atoms with E-state index in [1.54, 1.807) is 26.2 Å². The molecule has 0 unspecified atom stereocenters. The molecule has 0 bridgehead atoms. The molecule has 3 rings (SSSR count). The lowest BCUT2D eigenvalue weighted by Crippen LogP contribution is -2.37. The van der Waals surface area contributed by atoms with E-state index in [0.717, 1.165) is 28.8 Å². The van der Waals surface area contributed by atoms with E-state index in [-0.39, 0.29) is 17.8 Å². The molecule has 0 amide bonds. The highest BCUT2D eigenvalue weighted by molar-refractivity contribution is 5.88. The third-order valence-electron chi connectivity index (χ3n) is 5.07. The Hall–Kier alpha value is -3.40. The highest BCUT2D eigenvalue weighted by Crippen LogP contribution is 2.37. The summed E-state index contributed by atoms with van der Waals surface area (Å²) in [6.45, 7) is 12.3. The van der Waals surface area contributed by atoms with Crippen LogP contribution in [0.3, 0.4) is 0 Å². The first kappa shape index (κ1) is 21.3. The average molecular weight is 411 g/mol. The smallest absolute Gasteiger partial charge is 0.297 e. The van der Waals surface area contributed by atoms with Crippen LogP contribution in [0.15, 0.2) is 54.9 Å². The molecule has 1 aromatic heterocycles. The molecule has 0 atom stereocenters. The van der Waals surface area contributed by atoms with Gasteiger partial charge < -0.3 is 0 Å². The highest BCUT2D eigenvalue weighted by atomic mass is 19.4. The number of rotatable bonds is 5. The maximum atomic E-state index is 13.2. The van der Waals surface area contributed by atoms with Crippen molar-refractivity contribution >= 4 is 11.5 Å². The van der Waals surface area contributed by atoms with Gasteiger partial charge in [-0.25, -0.2) is 4.85 Å². The number of halogens is 3. The van der Waals surface area contributed by atoms with Crippen LogP contribution in [0.4, 0.5) is 18.9 Å². The maximum Gasteiger partial charge on any atom is 0.407 e. The van der Waals surface area contributed by atoms with E-state index < -0.39 is 23.0 Å². The fourth-order valence-corrected chi connectivity index (χ4v) is 3.07. The molecule has 0 N–H and O–H groups in total. The zero-order valence-electron chi connectivity index (χ0n) is 16.8. The van der Waals surface area contributed by atoms with Crippen LogP contribution in [-0.4, -0.2) is 15.6 Å². The number of aromatic nitrogens is 2. The van der Waals surface area contributed by atoms with Gasteiger partial charge in [-0.15, -0.1) is 0 Å². The van der Waals surface area contributed by atoms with Gasteiger partial charge in [0.25, 0.3) is 0 Å². The molecule has 0 radical (unpaired) electrons. The maximum absolute atomic E-state index is 13.2. The molecule has 0 spiro atoms. The second-order valence-electron chi connectivity index (χ2n) is 7.66. The highest BCUT2D eigenvalue weighted by Gasteiger charge is 2.35. The fraction of sp³-hybridized carbons (Fsp3) is 0.261. The van der Waals surface area contributed by atoms with E-state index in [9.17, 15) is 18.0 Å². The van der Waals surface area contributed by atoms with Gasteiger partial charge in [0.05, 0.1) is 18.3 Å². The molecule has 4 nitrogen and oxygen atoms in total. The number of carbonyl (C=O) groups excluding carboxylic acids is 1. The van der Waals surface area contributed by atoms with E-state index in [0.29, 0.717) is 0 Å². The zero-order valence-corrected chi connectivity index (χ0v) is 16.8. The Balaban J connectivity index is 1.85. The topological polar surface area (TPSA) is 39.2 Å². The number of Topliss-reactive ketones (excluding diaryl/α,β-unsaturated/α-hetero) is 1. The first-order valence-corrected chi connectivity index (χ1v) is 9.25. The van der Waals surface area contributed by atoms with Gasteiger partial charge in [-0.05, 0) is 31.9 Å². The van der Waals surface area contributed by atoms with Gasteiger partial charge in [0.1, 0.15) is 5.54 Å². The molecule has 30 heavy (non-hydrogen) atoms. The number of hydrogen-bond acceptors (Lipinski definition) is 2. The Morgan fingerprint density at radius 2 is 1.77 bits per heavy atom. The van der Waals surface area contributed by atoms with Crippen molar-refractivity contribution in [3.05, 3.63) is 83.0 Å². The summed E-state index contributed by atoms with van der Waals surface area (Å²) in [5.74, 6) is -0.287. The van der Waals surface area contributed by atoms with Crippen molar-refractivity contribution in [1.82, 2.24) is 9.78 Å². The predicted octanol–water partition coefficient (Wildman–Crippen LogP) is 5.98.